The minimum atomic E-state index is -0.307. The van der Waals surface area contributed by atoms with Crippen LogP contribution in [0.1, 0.15) is 45.0 Å². The van der Waals surface area contributed by atoms with Gasteiger partial charge in [-0.05, 0) is 33.6 Å². The molecular weight excluding hydrogens is 266 g/mol. The third-order valence-corrected chi connectivity index (χ3v) is 3.52. The lowest BCUT2D eigenvalue weighted by Crippen LogP contribution is -2.39. The van der Waals surface area contributed by atoms with Crippen molar-refractivity contribution in [3.63, 3.8) is 0 Å². The van der Waals surface area contributed by atoms with Crippen molar-refractivity contribution in [3.8, 4) is 0 Å². The molecule has 1 unspecified atom stereocenters. The average molecular weight is 291 g/mol. The molecule has 1 fully saturated rings. The van der Waals surface area contributed by atoms with E-state index >= 15 is 0 Å². The van der Waals surface area contributed by atoms with Gasteiger partial charge in [0, 0.05) is 24.6 Å². The van der Waals surface area contributed by atoms with Crippen molar-refractivity contribution >= 4 is 17.5 Å². The summed E-state index contributed by atoms with van der Waals surface area (Å²) in [5.41, 5.74) is 0.945. The van der Waals surface area contributed by atoms with Gasteiger partial charge in [0.1, 0.15) is 23.5 Å². The standard InChI is InChI=1S/C15H25N5O/c1-5-12-19-13(16-6-2)9(3)14(20-12)17-10(4)15(21)18-11-7-8-11/h10-11H,5-8H2,1-4H3,(H,18,21)(H2,16,17,19,20). The Morgan fingerprint density at radius 3 is 2.52 bits per heavy atom. The highest BCUT2D eigenvalue weighted by molar-refractivity contribution is 5.84. The first kappa shape index (κ1) is 15.5. The summed E-state index contributed by atoms with van der Waals surface area (Å²) in [5.74, 6) is 2.37. The number of nitrogens with one attached hydrogen (secondary N) is 3. The van der Waals surface area contributed by atoms with E-state index in [0.717, 1.165) is 48.8 Å². The summed E-state index contributed by atoms with van der Waals surface area (Å²) >= 11 is 0. The number of aryl methyl sites for hydroxylation is 1. The van der Waals surface area contributed by atoms with Crippen molar-refractivity contribution in [3.05, 3.63) is 11.4 Å². The van der Waals surface area contributed by atoms with Gasteiger partial charge in [0.05, 0.1) is 0 Å². The van der Waals surface area contributed by atoms with Gasteiger partial charge in [-0.3, -0.25) is 4.79 Å². The monoisotopic (exact) mass is 291 g/mol. The van der Waals surface area contributed by atoms with Crippen LogP contribution < -0.4 is 16.0 Å². The fourth-order valence-electron chi connectivity index (χ4n) is 2.03. The fourth-order valence-corrected chi connectivity index (χ4v) is 2.03. The molecule has 0 aromatic carbocycles. The Kier molecular flexibility index (Phi) is 4.98. The predicted molar refractivity (Wildman–Crippen MR) is 84.6 cm³/mol. The van der Waals surface area contributed by atoms with Crippen LogP contribution in [0.5, 0.6) is 0 Å². The maximum atomic E-state index is 12.0. The van der Waals surface area contributed by atoms with Gasteiger partial charge in [0.2, 0.25) is 5.91 Å². The molecule has 0 saturated heterocycles. The van der Waals surface area contributed by atoms with Gasteiger partial charge in [-0.1, -0.05) is 6.92 Å². The van der Waals surface area contributed by atoms with Crippen LogP contribution in [-0.2, 0) is 11.2 Å². The molecule has 1 aromatic heterocycles. The first-order valence-corrected chi connectivity index (χ1v) is 7.73. The Bertz CT molecular complexity index is 513. The summed E-state index contributed by atoms with van der Waals surface area (Å²) in [6.45, 7) is 8.68. The number of anilines is 2. The second-order valence-electron chi connectivity index (χ2n) is 5.49. The maximum absolute atomic E-state index is 12.0. The van der Waals surface area contributed by atoms with E-state index < -0.39 is 0 Å². The quantitative estimate of drug-likeness (QED) is 0.714. The van der Waals surface area contributed by atoms with Gasteiger partial charge in [-0.2, -0.15) is 0 Å². The third kappa shape index (κ3) is 4.06. The molecule has 0 spiro atoms. The number of nitrogens with zero attached hydrogens (tertiary/aromatic N) is 2. The van der Waals surface area contributed by atoms with E-state index in [1.165, 1.54) is 0 Å². The molecule has 0 bridgehead atoms. The SMILES string of the molecule is CCNc1nc(CC)nc(NC(C)C(=O)NC2CC2)c1C. The maximum Gasteiger partial charge on any atom is 0.242 e. The Balaban J connectivity index is 2.13. The minimum Gasteiger partial charge on any atom is -0.370 e. The topological polar surface area (TPSA) is 78.9 Å². The van der Waals surface area contributed by atoms with Gasteiger partial charge >= 0.3 is 0 Å². The minimum absolute atomic E-state index is 0.0264. The molecule has 1 saturated carbocycles. The second kappa shape index (κ2) is 6.74. The first-order valence-electron chi connectivity index (χ1n) is 7.73. The number of hydrogen-bond acceptors (Lipinski definition) is 5. The summed E-state index contributed by atoms with van der Waals surface area (Å²) in [7, 11) is 0. The van der Waals surface area contributed by atoms with Gasteiger partial charge in [0.25, 0.3) is 0 Å². The van der Waals surface area contributed by atoms with E-state index in [2.05, 4.69) is 25.9 Å². The number of carbonyl (C=O) groups excluding carboxylic acids is 1. The molecule has 1 aliphatic rings. The van der Waals surface area contributed by atoms with Crippen LogP contribution in [-0.4, -0.2) is 34.5 Å². The average Bonchev–Trinajstić information content (AvgIpc) is 3.27. The van der Waals surface area contributed by atoms with Crippen molar-refractivity contribution in [1.82, 2.24) is 15.3 Å². The van der Waals surface area contributed by atoms with Crippen LogP contribution in [0, 0.1) is 6.92 Å². The fraction of sp³-hybridized carbons (Fsp3) is 0.667. The molecule has 1 atom stereocenters. The van der Waals surface area contributed by atoms with E-state index in [9.17, 15) is 4.79 Å². The van der Waals surface area contributed by atoms with Gasteiger partial charge in [0.15, 0.2) is 0 Å². The zero-order valence-electron chi connectivity index (χ0n) is 13.3. The molecule has 1 aromatic rings. The summed E-state index contributed by atoms with van der Waals surface area (Å²) in [6, 6.07) is 0.0650. The van der Waals surface area contributed by atoms with Crippen LogP contribution in [0.15, 0.2) is 0 Å². The smallest absolute Gasteiger partial charge is 0.242 e. The number of aromatic nitrogens is 2. The molecular formula is C15H25N5O. The van der Waals surface area contributed by atoms with E-state index in [0.29, 0.717) is 6.04 Å². The largest absolute Gasteiger partial charge is 0.370 e. The molecule has 0 aliphatic heterocycles. The van der Waals surface area contributed by atoms with E-state index in [4.69, 9.17) is 0 Å². The zero-order valence-corrected chi connectivity index (χ0v) is 13.3. The number of carbonyl (C=O) groups is 1. The van der Waals surface area contributed by atoms with Gasteiger partial charge in [-0.25, -0.2) is 9.97 Å². The van der Waals surface area contributed by atoms with E-state index in [1.807, 2.05) is 27.7 Å². The summed E-state index contributed by atoms with van der Waals surface area (Å²) < 4.78 is 0. The molecule has 1 amide bonds. The van der Waals surface area contributed by atoms with Crippen LogP contribution in [0.2, 0.25) is 0 Å². The summed E-state index contributed by atoms with van der Waals surface area (Å²) in [5, 5.41) is 9.46. The van der Waals surface area contributed by atoms with E-state index in [1.54, 1.807) is 0 Å². The molecule has 1 aliphatic carbocycles. The Hall–Kier alpha value is -1.85. The molecule has 21 heavy (non-hydrogen) atoms. The molecule has 2 rings (SSSR count). The molecule has 116 valence electrons. The van der Waals surface area contributed by atoms with Crippen molar-refractivity contribution in [1.29, 1.82) is 0 Å². The molecule has 1 heterocycles. The van der Waals surface area contributed by atoms with Crippen LogP contribution in [0.25, 0.3) is 0 Å². The molecule has 3 N–H and O–H groups in total. The zero-order chi connectivity index (χ0) is 15.4. The van der Waals surface area contributed by atoms with Crippen molar-refractivity contribution in [2.45, 2.75) is 59.0 Å². The lowest BCUT2D eigenvalue weighted by molar-refractivity contribution is -0.121. The highest BCUT2D eigenvalue weighted by Gasteiger charge is 2.26. The molecule has 6 heteroatoms. The number of hydrogen-bond donors (Lipinski definition) is 3. The normalized spacial score (nSPS) is 15.4. The third-order valence-electron chi connectivity index (χ3n) is 3.52. The Labute approximate surface area is 126 Å². The van der Waals surface area contributed by atoms with Crippen molar-refractivity contribution in [2.24, 2.45) is 0 Å². The Morgan fingerprint density at radius 1 is 1.29 bits per heavy atom. The highest BCUT2D eigenvalue weighted by Crippen LogP contribution is 2.22. The van der Waals surface area contributed by atoms with Crippen molar-refractivity contribution < 1.29 is 4.79 Å². The van der Waals surface area contributed by atoms with Gasteiger partial charge < -0.3 is 16.0 Å². The van der Waals surface area contributed by atoms with Crippen LogP contribution >= 0.6 is 0 Å². The second-order valence-corrected chi connectivity index (χ2v) is 5.49. The number of rotatable bonds is 7. The number of amides is 1. The lowest BCUT2D eigenvalue weighted by Gasteiger charge is -2.18. The van der Waals surface area contributed by atoms with Crippen LogP contribution in [0.4, 0.5) is 11.6 Å². The summed E-state index contributed by atoms with van der Waals surface area (Å²) in [4.78, 5) is 21.0. The first-order chi connectivity index (χ1) is 10.0. The van der Waals surface area contributed by atoms with Crippen molar-refractivity contribution in [2.75, 3.05) is 17.2 Å². The molecule has 6 nitrogen and oxygen atoms in total. The van der Waals surface area contributed by atoms with Crippen LogP contribution in [0.3, 0.4) is 0 Å². The Morgan fingerprint density at radius 2 is 1.95 bits per heavy atom. The lowest BCUT2D eigenvalue weighted by atomic mass is 10.2. The molecule has 0 radical (unpaired) electrons. The van der Waals surface area contributed by atoms with Gasteiger partial charge in [-0.15, -0.1) is 0 Å². The predicted octanol–water partition coefficient (Wildman–Crippen LogP) is 1.86. The highest BCUT2D eigenvalue weighted by atomic mass is 16.2. The summed E-state index contributed by atoms with van der Waals surface area (Å²) in [6.07, 6.45) is 2.95. The van der Waals surface area contributed by atoms with E-state index in [-0.39, 0.29) is 11.9 Å².